The minimum absolute atomic E-state index is 0.290. The fourth-order valence-electron chi connectivity index (χ4n) is 1.68. The summed E-state index contributed by atoms with van der Waals surface area (Å²) in [5, 5.41) is 8.79. The largest absolute Gasteiger partial charge is 0.480 e. The molecular formula is C10H16N2O4. The average molecular weight is 228 g/mol. The second kappa shape index (κ2) is 4.96. The lowest BCUT2D eigenvalue weighted by Gasteiger charge is -2.35. The lowest BCUT2D eigenvalue weighted by atomic mass is 10.2. The van der Waals surface area contributed by atoms with Gasteiger partial charge < -0.3 is 14.9 Å². The van der Waals surface area contributed by atoms with Crippen molar-refractivity contribution < 1.29 is 19.5 Å². The van der Waals surface area contributed by atoms with Crippen LogP contribution in [0.3, 0.4) is 0 Å². The van der Waals surface area contributed by atoms with Crippen LogP contribution in [-0.2, 0) is 14.4 Å². The fraction of sp³-hybridized carbons (Fsp3) is 0.700. The summed E-state index contributed by atoms with van der Waals surface area (Å²) in [5.74, 6) is -2.40. The Kier molecular flexibility index (Phi) is 3.87. The molecular weight excluding hydrogens is 212 g/mol. The van der Waals surface area contributed by atoms with Crippen molar-refractivity contribution in [1.82, 2.24) is 9.80 Å². The van der Waals surface area contributed by atoms with Crippen LogP contribution < -0.4 is 0 Å². The highest BCUT2D eigenvalue weighted by Gasteiger charge is 2.36. The SMILES string of the molecule is CCCN1CCN([C@H](C)C(=O)O)C(=O)C1=O. The Bertz CT molecular complexity index is 316. The normalized spacial score (nSPS) is 18.9. The first-order valence-corrected chi connectivity index (χ1v) is 5.31. The van der Waals surface area contributed by atoms with Gasteiger partial charge >= 0.3 is 17.8 Å². The zero-order valence-corrected chi connectivity index (χ0v) is 9.47. The van der Waals surface area contributed by atoms with Crippen LogP contribution >= 0.6 is 0 Å². The summed E-state index contributed by atoms with van der Waals surface area (Å²) in [4.78, 5) is 36.5. The van der Waals surface area contributed by atoms with Crippen LogP contribution in [0.5, 0.6) is 0 Å². The second-order valence-corrected chi connectivity index (χ2v) is 3.80. The Labute approximate surface area is 93.8 Å². The molecule has 1 aliphatic rings. The Morgan fingerprint density at radius 3 is 2.50 bits per heavy atom. The van der Waals surface area contributed by atoms with Crippen molar-refractivity contribution >= 4 is 17.8 Å². The summed E-state index contributed by atoms with van der Waals surface area (Å²) in [6, 6.07) is -0.944. The lowest BCUT2D eigenvalue weighted by Crippen LogP contribution is -2.58. The molecule has 0 radical (unpaired) electrons. The van der Waals surface area contributed by atoms with Crippen molar-refractivity contribution in [3.05, 3.63) is 0 Å². The molecule has 0 aromatic rings. The number of carboxylic acids is 1. The van der Waals surface area contributed by atoms with E-state index in [1.807, 2.05) is 6.92 Å². The van der Waals surface area contributed by atoms with E-state index >= 15 is 0 Å². The molecule has 6 heteroatoms. The van der Waals surface area contributed by atoms with Crippen molar-refractivity contribution in [1.29, 1.82) is 0 Å². The van der Waals surface area contributed by atoms with Gasteiger partial charge in [0.05, 0.1) is 0 Å². The number of carboxylic acid groups (broad SMARTS) is 1. The zero-order chi connectivity index (χ0) is 12.3. The van der Waals surface area contributed by atoms with Gasteiger partial charge in [-0.25, -0.2) is 4.79 Å². The smallest absolute Gasteiger partial charge is 0.326 e. The van der Waals surface area contributed by atoms with Crippen LogP contribution in [0.15, 0.2) is 0 Å². The van der Waals surface area contributed by atoms with Crippen LogP contribution in [0.1, 0.15) is 20.3 Å². The molecule has 2 amide bonds. The van der Waals surface area contributed by atoms with Gasteiger partial charge in [0, 0.05) is 19.6 Å². The van der Waals surface area contributed by atoms with Crippen LogP contribution in [0.2, 0.25) is 0 Å². The summed E-state index contributed by atoms with van der Waals surface area (Å²) in [6.45, 7) is 4.57. The predicted molar refractivity (Wildman–Crippen MR) is 55.7 cm³/mol. The van der Waals surface area contributed by atoms with E-state index in [2.05, 4.69) is 0 Å². The zero-order valence-electron chi connectivity index (χ0n) is 9.47. The van der Waals surface area contributed by atoms with Crippen molar-refractivity contribution in [2.45, 2.75) is 26.3 Å². The van der Waals surface area contributed by atoms with Gasteiger partial charge in [-0.05, 0) is 13.3 Å². The summed E-state index contributed by atoms with van der Waals surface area (Å²) in [6.07, 6.45) is 0.785. The van der Waals surface area contributed by atoms with Gasteiger partial charge in [0.25, 0.3) is 0 Å². The van der Waals surface area contributed by atoms with Crippen molar-refractivity contribution in [2.75, 3.05) is 19.6 Å². The number of hydrogen-bond donors (Lipinski definition) is 1. The van der Waals surface area contributed by atoms with Gasteiger partial charge in [-0.1, -0.05) is 6.92 Å². The van der Waals surface area contributed by atoms with Gasteiger partial charge in [-0.2, -0.15) is 0 Å². The summed E-state index contributed by atoms with van der Waals surface area (Å²) < 4.78 is 0. The number of aliphatic carboxylic acids is 1. The second-order valence-electron chi connectivity index (χ2n) is 3.80. The van der Waals surface area contributed by atoms with Crippen LogP contribution in [-0.4, -0.2) is 58.4 Å². The van der Waals surface area contributed by atoms with Crippen molar-refractivity contribution in [3.63, 3.8) is 0 Å². The van der Waals surface area contributed by atoms with Gasteiger partial charge in [0.15, 0.2) is 0 Å². The molecule has 1 aliphatic heterocycles. The van der Waals surface area contributed by atoms with E-state index < -0.39 is 23.8 Å². The van der Waals surface area contributed by atoms with Crippen molar-refractivity contribution in [2.24, 2.45) is 0 Å². The number of nitrogens with zero attached hydrogens (tertiary/aromatic N) is 2. The van der Waals surface area contributed by atoms with Crippen LogP contribution in [0, 0.1) is 0 Å². The van der Waals surface area contributed by atoms with E-state index in [0.29, 0.717) is 13.1 Å². The number of piperazine rings is 1. The molecule has 0 bridgehead atoms. The molecule has 0 aromatic carbocycles. The summed E-state index contributed by atoms with van der Waals surface area (Å²) >= 11 is 0. The standard InChI is InChI=1S/C10H16N2O4/c1-3-4-11-5-6-12(7(2)10(15)16)9(14)8(11)13/h7H,3-6H2,1-2H3,(H,15,16)/t7-/m1/s1. The van der Waals surface area contributed by atoms with Crippen LogP contribution in [0.4, 0.5) is 0 Å². The first-order valence-electron chi connectivity index (χ1n) is 5.31. The number of amides is 2. The molecule has 6 nitrogen and oxygen atoms in total. The quantitative estimate of drug-likeness (QED) is 0.660. The topological polar surface area (TPSA) is 77.9 Å². The molecule has 1 heterocycles. The molecule has 1 fully saturated rings. The first-order chi connectivity index (χ1) is 7.49. The van der Waals surface area contributed by atoms with Gasteiger partial charge in [-0.15, -0.1) is 0 Å². The third-order valence-corrected chi connectivity index (χ3v) is 2.66. The lowest BCUT2D eigenvalue weighted by molar-refractivity contribution is -0.161. The highest BCUT2D eigenvalue weighted by molar-refractivity contribution is 6.35. The maximum atomic E-state index is 11.6. The molecule has 0 aliphatic carbocycles. The maximum absolute atomic E-state index is 11.6. The van der Waals surface area contributed by atoms with E-state index in [-0.39, 0.29) is 6.54 Å². The number of hydrogen-bond acceptors (Lipinski definition) is 3. The molecule has 0 spiro atoms. The van der Waals surface area contributed by atoms with Gasteiger partial charge in [0.1, 0.15) is 6.04 Å². The average Bonchev–Trinajstić information content (AvgIpc) is 2.24. The van der Waals surface area contributed by atoms with Gasteiger partial charge in [-0.3, -0.25) is 9.59 Å². The molecule has 16 heavy (non-hydrogen) atoms. The monoisotopic (exact) mass is 228 g/mol. The third-order valence-electron chi connectivity index (χ3n) is 2.66. The Hall–Kier alpha value is -1.59. The minimum Gasteiger partial charge on any atom is -0.480 e. The van der Waals surface area contributed by atoms with E-state index in [9.17, 15) is 14.4 Å². The van der Waals surface area contributed by atoms with E-state index in [4.69, 9.17) is 5.11 Å². The maximum Gasteiger partial charge on any atom is 0.326 e. The fourth-order valence-corrected chi connectivity index (χ4v) is 1.68. The molecule has 1 N–H and O–H groups in total. The molecule has 0 unspecified atom stereocenters. The first kappa shape index (κ1) is 12.5. The van der Waals surface area contributed by atoms with Crippen LogP contribution in [0.25, 0.3) is 0 Å². The Balaban J connectivity index is 2.72. The van der Waals surface area contributed by atoms with E-state index in [0.717, 1.165) is 11.3 Å². The summed E-state index contributed by atoms with van der Waals surface area (Å²) in [7, 11) is 0. The minimum atomic E-state index is -1.09. The van der Waals surface area contributed by atoms with E-state index in [1.165, 1.54) is 11.8 Å². The number of rotatable bonds is 4. The molecule has 0 saturated carbocycles. The molecule has 1 saturated heterocycles. The molecule has 1 atom stereocenters. The molecule has 1 rings (SSSR count). The highest BCUT2D eigenvalue weighted by Crippen LogP contribution is 2.09. The predicted octanol–water partition coefficient (Wildman–Crippen LogP) is -0.460. The molecule has 0 aromatic heterocycles. The highest BCUT2D eigenvalue weighted by atomic mass is 16.4. The van der Waals surface area contributed by atoms with Gasteiger partial charge in [0.2, 0.25) is 0 Å². The molecule has 90 valence electrons. The number of carbonyl (C=O) groups is 3. The summed E-state index contributed by atoms with van der Waals surface area (Å²) in [5.41, 5.74) is 0. The Morgan fingerprint density at radius 2 is 2.00 bits per heavy atom. The Morgan fingerprint density at radius 1 is 1.38 bits per heavy atom. The number of carbonyl (C=O) groups excluding carboxylic acids is 2. The third kappa shape index (κ3) is 2.32. The van der Waals surface area contributed by atoms with Crippen molar-refractivity contribution in [3.8, 4) is 0 Å². The van der Waals surface area contributed by atoms with E-state index in [1.54, 1.807) is 0 Å².